The van der Waals surface area contributed by atoms with Crippen molar-refractivity contribution in [1.82, 2.24) is 9.97 Å². The van der Waals surface area contributed by atoms with Gasteiger partial charge in [0.05, 0.1) is 0 Å². The summed E-state index contributed by atoms with van der Waals surface area (Å²) in [6.45, 7) is 0. The van der Waals surface area contributed by atoms with E-state index in [2.05, 4.69) is 14.7 Å². The highest BCUT2D eigenvalue weighted by Gasteiger charge is 2.02. The Morgan fingerprint density at radius 1 is 1.06 bits per heavy atom. The molecule has 0 aliphatic carbocycles. The number of aromatic nitrogens is 2. The summed E-state index contributed by atoms with van der Waals surface area (Å²) in [6, 6.07) is 9.59. The summed E-state index contributed by atoms with van der Waals surface area (Å²) in [5.74, 6) is 0. The van der Waals surface area contributed by atoms with Crippen molar-refractivity contribution < 1.29 is 9.53 Å². The van der Waals surface area contributed by atoms with Crippen molar-refractivity contribution in [2.24, 2.45) is 5.73 Å². The van der Waals surface area contributed by atoms with Gasteiger partial charge >= 0.3 is 12.1 Å². The van der Waals surface area contributed by atoms with Crippen molar-refractivity contribution in [2.75, 3.05) is 0 Å². The lowest BCUT2D eigenvalue weighted by atomic mass is 10.1. The summed E-state index contributed by atoms with van der Waals surface area (Å²) in [5.41, 5.74) is 6.67. The second kappa shape index (κ2) is 4.39. The van der Waals surface area contributed by atoms with Crippen LogP contribution in [-0.2, 0) is 0 Å². The normalized spacial score (nSPS) is 9.75. The summed E-state index contributed by atoms with van der Waals surface area (Å²) < 4.78 is 4.52. The first-order valence-corrected chi connectivity index (χ1v) is 4.60. The molecule has 2 rings (SSSR count). The fraction of sp³-hybridized carbons (Fsp3) is 0. The molecule has 0 aliphatic heterocycles. The monoisotopic (exact) mass is 215 g/mol. The van der Waals surface area contributed by atoms with Gasteiger partial charge in [0, 0.05) is 18.0 Å². The molecule has 0 radical (unpaired) electrons. The number of primary amides is 1. The van der Waals surface area contributed by atoms with E-state index in [1.807, 2.05) is 30.3 Å². The van der Waals surface area contributed by atoms with Gasteiger partial charge in [0.1, 0.15) is 0 Å². The lowest BCUT2D eigenvalue weighted by molar-refractivity contribution is 0.207. The Kier molecular flexibility index (Phi) is 2.77. The number of hydrogen-bond acceptors (Lipinski definition) is 4. The van der Waals surface area contributed by atoms with Crippen molar-refractivity contribution >= 4 is 6.09 Å². The van der Waals surface area contributed by atoms with Crippen LogP contribution in [0.5, 0.6) is 6.01 Å². The molecule has 0 unspecified atom stereocenters. The molecule has 1 aromatic carbocycles. The Labute approximate surface area is 91.9 Å². The quantitative estimate of drug-likeness (QED) is 0.825. The van der Waals surface area contributed by atoms with Crippen molar-refractivity contribution in [2.45, 2.75) is 0 Å². The number of nitrogens with two attached hydrogens (primary N) is 1. The Morgan fingerprint density at radius 3 is 2.25 bits per heavy atom. The van der Waals surface area contributed by atoms with Gasteiger partial charge in [-0.25, -0.2) is 14.8 Å². The maximum Gasteiger partial charge on any atom is 0.412 e. The molecule has 0 bridgehead atoms. The van der Waals surface area contributed by atoms with Gasteiger partial charge in [-0.2, -0.15) is 0 Å². The molecule has 16 heavy (non-hydrogen) atoms. The maximum absolute atomic E-state index is 10.4. The Hall–Kier alpha value is -2.43. The Bertz CT molecular complexity index is 482. The molecule has 5 nitrogen and oxygen atoms in total. The number of amides is 1. The van der Waals surface area contributed by atoms with Gasteiger partial charge in [0.25, 0.3) is 0 Å². The van der Waals surface area contributed by atoms with Crippen LogP contribution in [-0.4, -0.2) is 16.1 Å². The second-order valence-electron chi connectivity index (χ2n) is 3.04. The molecular weight excluding hydrogens is 206 g/mol. The minimum Gasteiger partial charge on any atom is -0.374 e. The van der Waals surface area contributed by atoms with Gasteiger partial charge < -0.3 is 10.5 Å². The van der Waals surface area contributed by atoms with E-state index in [4.69, 9.17) is 5.73 Å². The zero-order chi connectivity index (χ0) is 11.4. The lowest BCUT2D eigenvalue weighted by Gasteiger charge is -2.01. The van der Waals surface area contributed by atoms with Crippen LogP contribution in [0.3, 0.4) is 0 Å². The van der Waals surface area contributed by atoms with E-state index >= 15 is 0 Å². The molecule has 0 saturated carbocycles. The highest BCUT2D eigenvalue weighted by atomic mass is 16.6. The van der Waals surface area contributed by atoms with Crippen molar-refractivity contribution in [3.63, 3.8) is 0 Å². The molecule has 0 fully saturated rings. The fourth-order valence-corrected chi connectivity index (χ4v) is 1.24. The summed E-state index contributed by atoms with van der Waals surface area (Å²) in [6.07, 6.45) is 2.22. The van der Waals surface area contributed by atoms with Crippen LogP contribution in [0, 0.1) is 0 Å². The highest BCUT2D eigenvalue weighted by molar-refractivity contribution is 5.67. The van der Waals surface area contributed by atoms with Gasteiger partial charge in [-0.05, 0) is 5.56 Å². The molecule has 1 aromatic heterocycles. The third-order valence-electron chi connectivity index (χ3n) is 1.93. The van der Waals surface area contributed by atoms with E-state index in [1.54, 1.807) is 12.4 Å². The zero-order valence-electron chi connectivity index (χ0n) is 8.33. The second-order valence-corrected chi connectivity index (χ2v) is 3.04. The molecule has 80 valence electrons. The number of rotatable bonds is 2. The van der Waals surface area contributed by atoms with E-state index in [-0.39, 0.29) is 6.01 Å². The number of hydrogen-bond donors (Lipinski definition) is 1. The zero-order valence-corrected chi connectivity index (χ0v) is 8.33. The van der Waals surface area contributed by atoms with E-state index < -0.39 is 6.09 Å². The van der Waals surface area contributed by atoms with Gasteiger partial charge in [0.2, 0.25) is 0 Å². The fourth-order valence-electron chi connectivity index (χ4n) is 1.24. The average molecular weight is 215 g/mol. The number of nitrogens with zero attached hydrogens (tertiary/aromatic N) is 2. The van der Waals surface area contributed by atoms with Gasteiger partial charge in [-0.1, -0.05) is 30.3 Å². The van der Waals surface area contributed by atoms with E-state index in [1.165, 1.54) is 0 Å². The highest BCUT2D eigenvalue weighted by Crippen LogP contribution is 2.17. The molecule has 2 N–H and O–H groups in total. The predicted octanol–water partition coefficient (Wildman–Crippen LogP) is 1.60. The lowest BCUT2D eigenvalue weighted by Crippen LogP contribution is -2.17. The van der Waals surface area contributed by atoms with Gasteiger partial charge in [0.15, 0.2) is 0 Å². The maximum atomic E-state index is 10.4. The van der Waals surface area contributed by atoms with Crippen molar-refractivity contribution in [3.8, 4) is 17.1 Å². The van der Waals surface area contributed by atoms with Gasteiger partial charge in [-0.3, -0.25) is 0 Å². The van der Waals surface area contributed by atoms with Crippen LogP contribution in [0.4, 0.5) is 4.79 Å². The average Bonchev–Trinajstić information content (AvgIpc) is 2.30. The molecule has 0 spiro atoms. The van der Waals surface area contributed by atoms with Crippen LogP contribution in [0.2, 0.25) is 0 Å². The third-order valence-corrected chi connectivity index (χ3v) is 1.93. The number of carbonyl (C=O) groups excluding carboxylic acids is 1. The first-order valence-electron chi connectivity index (χ1n) is 4.60. The van der Waals surface area contributed by atoms with Crippen LogP contribution in [0.15, 0.2) is 42.7 Å². The Morgan fingerprint density at radius 2 is 1.69 bits per heavy atom. The van der Waals surface area contributed by atoms with Crippen LogP contribution in [0.1, 0.15) is 0 Å². The van der Waals surface area contributed by atoms with Crippen LogP contribution < -0.4 is 10.5 Å². The van der Waals surface area contributed by atoms with E-state index in [0.29, 0.717) is 0 Å². The summed E-state index contributed by atoms with van der Waals surface area (Å²) in [4.78, 5) is 18.2. The first kappa shape index (κ1) is 10.1. The number of ether oxygens (including phenoxy) is 1. The minimum absolute atomic E-state index is 0.0489. The molecular formula is C11H9N3O2. The first-order chi connectivity index (χ1) is 7.75. The van der Waals surface area contributed by atoms with E-state index in [9.17, 15) is 4.79 Å². The summed E-state index contributed by atoms with van der Waals surface area (Å²) in [7, 11) is 0. The molecule has 2 aromatic rings. The standard InChI is InChI=1S/C11H9N3O2/c12-10(15)16-11-13-6-9(7-14-11)8-4-2-1-3-5-8/h1-7H,(H2,12,15). The predicted molar refractivity (Wildman–Crippen MR) is 57.7 cm³/mol. The summed E-state index contributed by atoms with van der Waals surface area (Å²) >= 11 is 0. The third kappa shape index (κ3) is 2.33. The smallest absolute Gasteiger partial charge is 0.374 e. The van der Waals surface area contributed by atoms with Crippen LogP contribution >= 0.6 is 0 Å². The van der Waals surface area contributed by atoms with Crippen LogP contribution in [0.25, 0.3) is 11.1 Å². The molecule has 0 saturated heterocycles. The molecule has 0 atom stereocenters. The molecule has 5 heteroatoms. The number of carbonyl (C=O) groups is 1. The largest absolute Gasteiger partial charge is 0.412 e. The molecule has 1 amide bonds. The SMILES string of the molecule is NC(=O)Oc1ncc(-c2ccccc2)cn1. The topological polar surface area (TPSA) is 78.1 Å². The Balaban J connectivity index is 2.23. The number of benzene rings is 1. The van der Waals surface area contributed by atoms with E-state index in [0.717, 1.165) is 11.1 Å². The van der Waals surface area contributed by atoms with Crippen molar-refractivity contribution in [1.29, 1.82) is 0 Å². The molecule has 1 heterocycles. The minimum atomic E-state index is -0.924. The van der Waals surface area contributed by atoms with Crippen molar-refractivity contribution in [3.05, 3.63) is 42.7 Å². The summed E-state index contributed by atoms with van der Waals surface area (Å²) in [5, 5.41) is 0. The molecule has 0 aliphatic rings. The van der Waals surface area contributed by atoms with Gasteiger partial charge in [-0.15, -0.1) is 0 Å².